The monoisotopic (exact) mass is 748 g/mol. The molecule has 7 heterocycles. The summed E-state index contributed by atoms with van der Waals surface area (Å²) in [5, 5.41) is 14.4. The van der Waals surface area contributed by atoms with E-state index in [4.69, 9.17) is 23.9 Å². The van der Waals surface area contributed by atoms with Crippen molar-refractivity contribution < 1.29 is 33.6 Å². The Labute approximate surface area is 322 Å². The molecule has 2 aliphatic carbocycles. The zero-order valence-corrected chi connectivity index (χ0v) is 32.5. The van der Waals surface area contributed by atoms with E-state index >= 15 is 0 Å². The number of aliphatic hydroxyl groups is 1. The molecule has 6 fully saturated rings. The molecule has 11 rings (SSSR count). The number of methoxy groups -OCH3 is 3. The molecule has 8 bridgehead atoms. The molecule has 2 N–H and O–H groups in total. The molecule has 11 atom stereocenters. The number of carbonyl (C=O) groups excluding carboxylic acids is 2. The number of carbonyl (C=O) groups is 2. The number of nitrogens with zero attached hydrogens (tertiary/aromatic N) is 3. The van der Waals surface area contributed by atoms with Gasteiger partial charge in [-0.2, -0.15) is 0 Å². The molecule has 8 aliphatic rings. The van der Waals surface area contributed by atoms with Crippen LogP contribution < -0.4 is 4.74 Å². The van der Waals surface area contributed by atoms with Gasteiger partial charge in [-0.25, -0.2) is 0 Å². The number of benzene rings is 2. The summed E-state index contributed by atoms with van der Waals surface area (Å²) >= 11 is 0. The molecular formula is C44H52N4O7. The Kier molecular flexibility index (Phi) is 8.03. The van der Waals surface area contributed by atoms with Gasteiger partial charge in [0, 0.05) is 71.3 Å². The molecule has 0 spiro atoms. The van der Waals surface area contributed by atoms with E-state index in [0.29, 0.717) is 80.1 Å². The summed E-state index contributed by atoms with van der Waals surface area (Å²) in [5.74, 6) is 0.164. The second kappa shape index (κ2) is 12.5. The third kappa shape index (κ3) is 4.49. The minimum Gasteiger partial charge on any atom is -0.496 e. The van der Waals surface area contributed by atoms with E-state index in [-0.39, 0.29) is 42.5 Å². The number of fused-ring (bicyclic) bond motifs is 7. The van der Waals surface area contributed by atoms with Crippen molar-refractivity contribution in [2.24, 2.45) is 33.6 Å². The van der Waals surface area contributed by atoms with Gasteiger partial charge >= 0.3 is 11.9 Å². The Morgan fingerprint density at radius 1 is 1.09 bits per heavy atom. The lowest BCUT2D eigenvalue weighted by molar-refractivity contribution is -0.199. The summed E-state index contributed by atoms with van der Waals surface area (Å²) in [6.07, 6.45) is 6.40. The van der Waals surface area contributed by atoms with Crippen molar-refractivity contribution in [3.05, 3.63) is 70.4 Å². The molecule has 290 valence electrons. The van der Waals surface area contributed by atoms with Gasteiger partial charge in [-0.1, -0.05) is 43.2 Å². The van der Waals surface area contributed by atoms with Gasteiger partial charge in [0.2, 0.25) is 0 Å². The maximum absolute atomic E-state index is 14.5. The molecule has 55 heavy (non-hydrogen) atoms. The number of rotatable bonds is 5. The minimum absolute atomic E-state index is 0.102. The number of allylic oxidation sites excluding steroid dienone is 1. The van der Waals surface area contributed by atoms with Crippen LogP contribution in [0.5, 0.6) is 5.75 Å². The zero-order valence-electron chi connectivity index (χ0n) is 32.5. The zero-order chi connectivity index (χ0) is 38.0. The predicted octanol–water partition coefficient (Wildman–Crippen LogP) is 5.61. The van der Waals surface area contributed by atoms with Gasteiger partial charge in [0.15, 0.2) is 0 Å². The van der Waals surface area contributed by atoms with Crippen LogP contribution in [0.25, 0.3) is 10.9 Å². The van der Waals surface area contributed by atoms with Gasteiger partial charge in [-0.3, -0.25) is 24.4 Å². The molecule has 5 saturated heterocycles. The van der Waals surface area contributed by atoms with Gasteiger partial charge in [0.1, 0.15) is 22.2 Å². The number of esters is 2. The van der Waals surface area contributed by atoms with Crippen LogP contribution in [-0.2, 0) is 35.8 Å². The lowest BCUT2D eigenvalue weighted by atomic mass is 9.54. The summed E-state index contributed by atoms with van der Waals surface area (Å²) in [6, 6.07) is 12.1. The molecule has 0 radical (unpaired) electrons. The molecule has 0 amide bonds. The first kappa shape index (κ1) is 35.4. The Bertz CT molecular complexity index is 2180. The Hall–Kier alpha value is -4.03. The van der Waals surface area contributed by atoms with Gasteiger partial charge in [-0.15, -0.1) is 0 Å². The van der Waals surface area contributed by atoms with Gasteiger partial charge in [0.05, 0.1) is 46.1 Å². The van der Waals surface area contributed by atoms with E-state index in [1.165, 1.54) is 19.8 Å². The van der Waals surface area contributed by atoms with E-state index < -0.39 is 16.4 Å². The highest BCUT2D eigenvalue weighted by Gasteiger charge is 2.69. The number of aromatic amines is 1. The van der Waals surface area contributed by atoms with Crippen molar-refractivity contribution in [1.82, 2.24) is 14.8 Å². The summed E-state index contributed by atoms with van der Waals surface area (Å²) in [4.78, 5) is 43.1. The number of para-hydroxylation sites is 1. The van der Waals surface area contributed by atoms with Crippen LogP contribution in [0.3, 0.4) is 0 Å². The summed E-state index contributed by atoms with van der Waals surface area (Å²) in [6.45, 7) is 7.27. The predicted molar refractivity (Wildman–Crippen MR) is 206 cm³/mol. The lowest BCUT2D eigenvalue weighted by Crippen LogP contribution is -2.68. The van der Waals surface area contributed by atoms with E-state index in [1.807, 2.05) is 18.2 Å². The van der Waals surface area contributed by atoms with Crippen LogP contribution in [0.1, 0.15) is 74.3 Å². The number of aromatic nitrogens is 1. The maximum Gasteiger partial charge on any atom is 0.319 e. The van der Waals surface area contributed by atoms with E-state index in [2.05, 4.69) is 52.9 Å². The smallest absolute Gasteiger partial charge is 0.319 e. The average Bonchev–Trinajstić information content (AvgIpc) is 3.70. The number of hydrogen-bond donors (Lipinski definition) is 2. The Balaban J connectivity index is 1.25. The molecule has 11 heteroatoms. The highest BCUT2D eigenvalue weighted by Crippen LogP contribution is 2.63. The molecule has 2 unspecified atom stereocenters. The first-order valence-corrected chi connectivity index (χ1v) is 20.2. The number of H-pyrrole nitrogens is 1. The average molecular weight is 749 g/mol. The molecular weight excluding hydrogens is 697 g/mol. The fraction of sp³-hybridized carbons (Fsp3) is 0.568. The quantitative estimate of drug-likeness (QED) is 0.253. The second-order valence-corrected chi connectivity index (χ2v) is 17.3. The molecule has 1 saturated carbocycles. The van der Waals surface area contributed by atoms with Crippen molar-refractivity contribution in [2.45, 2.75) is 76.0 Å². The first-order valence-electron chi connectivity index (χ1n) is 20.2. The fourth-order valence-corrected chi connectivity index (χ4v) is 13.1. The van der Waals surface area contributed by atoms with Crippen molar-refractivity contribution in [3.63, 3.8) is 0 Å². The van der Waals surface area contributed by atoms with Crippen LogP contribution in [0.2, 0.25) is 0 Å². The topological polar surface area (TPSA) is 126 Å². The van der Waals surface area contributed by atoms with Crippen LogP contribution in [0, 0.1) is 28.6 Å². The molecule has 2 aromatic carbocycles. The number of aliphatic imine (C=N–C) groups is 1. The van der Waals surface area contributed by atoms with Crippen molar-refractivity contribution >= 4 is 34.2 Å². The van der Waals surface area contributed by atoms with Gasteiger partial charge in [0.25, 0.3) is 0 Å². The number of piperidine rings is 3. The Morgan fingerprint density at radius 3 is 2.67 bits per heavy atom. The highest BCUT2D eigenvalue weighted by molar-refractivity contribution is 6.16. The van der Waals surface area contributed by atoms with Crippen molar-refractivity contribution in [3.8, 4) is 5.75 Å². The highest BCUT2D eigenvalue weighted by atomic mass is 16.5. The van der Waals surface area contributed by atoms with Crippen LogP contribution >= 0.6 is 0 Å². The van der Waals surface area contributed by atoms with Crippen LogP contribution in [-0.4, -0.2) is 104 Å². The largest absolute Gasteiger partial charge is 0.496 e. The summed E-state index contributed by atoms with van der Waals surface area (Å²) in [5.41, 5.74) is 3.71. The maximum atomic E-state index is 14.5. The third-order valence-electron chi connectivity index (χ3n) is 15.2. The van der Waals surface area contributed by atoms with Gasteiger partial charge < -0.3 is 29.0 Å². The van der Waals surface area contributed by atoms with E-state index in [0.717, 1.165) is 47.1 Å². The lowest BCUT2D eigenvalue weighted by Gasteiger charge is -2.58. The standard InChI is InChI=1S/C44H52N4O7/c1-6-25-16-24-19-42(40(49)53-4)38(25)47(20-24)15-14-44(51)30-12-13-33(52-3)35(37(30)46-39(42)44)29-17-31-26(7-2)21-48-23-55-22-43(31,41(50)54-5)34(48)18-28-27-10-8-9-11-32(27)45-36(28)29/h7-13,24-25,29,31,34,38,45,51H,6,14-23H2,1-5H3/b26-7-/t24-,25-,29-,31+,34-,38-,42-,43-,44+/m0/s1. The first-order chi connectivity index (χ1) is 26.7. The molecule has 3 aromatic rings. The Morgan fingerprint density at radius 2 is 1.91 bits per heavy atom. The summed E-state index contributed by atoms with van der Waals surface area (Å²) < 4.78 is 24.0. The number of hydrogen-bond acceptors (Lipinski definition) is 10. The molecule has 1 aromatic heterocycles. The van der Waals surface area contributed by atoms with E-state index in [9.17, 15) is 14.7 Å². The number of nitrogens with one attached hydrogen (secondary N) is 1. The van der Waals surface area contributed by atoms with Crippen molar-refractivity contribution in [2.75, 3.05) is 54.3 Å². The molecule has 6 aliphatic heterocycles. The van der Waals surface area contributed by atoms with Crippen LogP contribution in [0.15, 0.2) is 53.0 Å². The summed E-state index contributed by atoms with van der Waals surface area (Å²) in [7, 11) is 4.65. The number of ether oxygens (including phenoxy) is 4. The normalized spacial score (nSPS) is 38.9. The fourth-order valence-electron chi connectivity index (χ4n) is 13.1. The van der Waals surface area contributed by atoms with Gasteiger partial charge in [-0.05, 0) is 74.6 Å². The van der Waals surface area contributed by atoms with Crippen molar-refractivity contribution in [1.29, 1.82) is 0 Å². The van der Waals surface area contributed by atoms with E-state index in [1.54, 1.807) is 7.11 Å². The van der Waals surface area contributed by atoms with Crippen LogP contribution in [0.4, 0.5) is 5.69 Å². The molecule has 11 nitrogen and oxygen atoms in total. The third-order valence-corrected chi connectivity index (χ3v) is 15.2. The second-order valence-electron chi connectivity index (χ2n) is 17.3. The minimum atomic E-state index is -1.47. The SMILES string of the molecule is C/C=C1/CN2COC[C@]3(C(=O)OC)[C@@H]1C[C@@H](c1c(OC)ccc4c1N=C1[C@]5(C(=O)OC)C[C@@H]6C[C@H](CC)[C@@H]5N(CC[C@]14O)C6)c1[nH]c4ccccc4c1C[C@H]23.